The zero-order chi connectivity index (χ0) is 17.6. The van der Waals surface area contributed by atoms with Crippen molar-refractivity contribution in [1.29, 1.82) is 0 Å². The molecule has 0 aromatic heterocycles. The van der Waals surface area contributed by atoms with Gasteiger partial charge < -0.3 is 10.2 Å². The van der Waals surface area contributed by atoms with Gasteiger partial charge >= 0.3 is 0 Å². The molecule has 0 bridgehead atoms. The van der Waals surface area contributed by atoms with Gasteiger partial charge in [-0.3, -0.25) is 9.59 Å². The first-order valence-electron chi connectivity index (χ1n) is 8.50. The normalized spacial score (nSPS) is 15.0. The highest BCUT2D eigenvalue weighted by atomic mass is 35.5. The molecule has 1 saturated heterocycles. The monoisotopic (exact) mass is 356 g/mol. The fourth-order valence-corrected chi connectivity index (χ4v) is 3.31. The molecule has 0 aliphatic carbocycles. The highest BCUT2D eigenvalue weighted by Gasteiger charge is 2.25. The van der Waals surface area contributed by atoms with Crippen LogP contribution in [0.5, 0.6) is 0 Å². The van der Waals surface area contributed by atoms with Gasteiger partial charge in [0.2, 0.25) is 5.91 Å². The Morgan fingerprint density at radius 2 is 1.64 bits per heavy atom. The molecule has 1 heterocycles. The Balaban J connectivity index is 1.49. The quantitative estimate of drug-likeness (QED) is 0.913. The fraction of sp³-hybridized carbons (Fsp3) is 0.300. The minimum absolute atomic E-state index is 0.0297. The van der Waals surface area contributed by atoms with Crippen molar-refractivity contribution in [2.24, 2.45) is 0 Å². The van der Waals surface area contributed by atoms with Crippen LogP contribution in [0.4, 0.5) is 0 Å². The summed E-state index contributed by atoms with van der Waals surface area (Å²) >= 11 is 6.11. The molecule has 2 aromatic carbocycles. The summed E-state index contributed by atoms with van der Waals surface area (Å²) in [7, 11) is 0. The molecule has 0 radical (unpaired) electrons. The second-order valence-electron chi connectivity index (χ2n) is 6.28. The number of hydrogen-bond acceptors (Lipinski definition) is 2. The van der Waals surface area contributed by atoms with E-state index in [1.807, 2.05) is 42.5 Å². The lowest BCUT2D eigenvalue weighted by Crippen LogP contribution is -2.46. The first-order valence-corrected chi connectivity index (χ1v) is 8.88. The van der Waals surface area contributed by atoms with Crippen LogP contribution >= 0.6 is 11.6 Å². The maximum atomic E-state index is 12.5. The Morgan fingerprint density at radius 1 is 1.00 bits per heavy atom. The van der Waals surface area contributed by atoms with Crippen LogP contribution in [0.3, 0.4) is 0 Å². The lowest BCUT2D eigenvalue weighted by Gasteiger charge is -2.32. The van der Waals surface area contributed by atoms with Crippen molar-refractivity contribution in [2.45, 2.75) is 25.3 Å². The van der Waals surface area contributed by atoms with Gasteiger partial charge in [0.05, 0.1) is 17.0 Å². The van der Waals surface area contributed by atoms with Crippen molar-refractivity contribution in [1.82, 2.24) is 10.2 Å². The Hall–Kier alpha value is -2.33. The zero-order valence-electron chi connectivity index (χ0n) is 14.0. The van der Waals surface area contributed by atoms with Gasteiger partial charge in [-0.15, -0.1) is 0 Å². The van der Waals surface area contributed by atoms with E-state index in [0.29, 0.717) is 30.1 Å². The number of amides is 2. The SMILES string of the molecule is O=C(Cc1ccccc1)NC1CCN(C(=O)c2ccccc2Cl)CC1. The molecule has 0 atom stereocenters. The van der Waals surface area contributed by atoms with Crippen LogP contribution in [-0.4, -0.2) is 35.8 Å². The molecule has 1 fully saturated rings. The maximum absolute atomic E-state index is 12.5. The van der Waals surface area contributed by atoms with Gasteiger partial charge in [-0.25, -0.2) is 0 Å². The van der Waals surface area contributed by atoms with Crippen LogP contribution < -0.4 is 5.32 Å². The number of benzene rings is 2. The molecule has 4 nitrogen and oxygen atoms in total. The van der Waals surface area contributed by atoms with Crippen molar-refractivity contribution in [3.63, 3.8) is 0 Å². The highest BCUT2D eigenvalue weighted by molar-refractivity contribution is 6.33. The molecular weight excluding hydrogens is 336 g/mol. The van der Waals surface area contributed by atoms with Crippen molar-refractivity contribution in [3.05, 3.63) is 70.7 Å². The van der Waals surface area contributed by atoms with Gasteiger partial charge in [0.25, 0.3) is 5.91 Å². The summed E-state index contributed by atoms with van der Waals surface area (Å²) in [6.45, 7) is 1.25. The molecule has 2 amide bonds. The van der Waals surface area contributed by atoms with Gasteiger partial charge in [0, 0.05) is 19.1 Å². The number of carbonyl (C=O) groups excluding carboxylic acids is 2. The Morgan fingerprint density at radius 3 is 2.32 bits per heavy atom. The molecule has 0 unspecified atom stereocenters. The van der Waals surface area contributed by atoms with Crippen molar-refractivity contribution >= 4 is 23.4 Å². The summed E-state index contributed by atoms with van der Waals surface area (Å²) in [6.07, 6.45) is 1.91. The third-order valence-corrected chi connectivity index (χ3v) is 4.79. The summed E-state index contributed by atoms with van der Waals surface area (Å²) in [5, 5.41) is 3.55. The minimum atomic E-state index is -0.0420. The topological polar surface area (TPSA) is 49.4 Å². The van der Waals surface area contributed by atoms with Gasteiger partial charge in [-0.05, 0) is 30.5 Å². The molecule has 2 aromatic rings. The molecule has 1 aliphatic heterocycles. The van der Waals surface area contributed by atoms with Crippen LogP contribution in [0.1, 0.15) is 28.8 Å². The van der Waals surface area contributed by atoms with E-state index in [-0.39, 0.29) is 17.9 Å². The molecule has 0 saturated carbocycles. The van der Waals surface area contributed by atoms with E-state index < -0.39 is 0 Å². The first kappa shape index (κ1) is 17.5. The van der Waals surface area contributed by atoms with E-state index in [0.717, 1.165) is 18.4 Å². The van der Waals surface area contributed by atoms with Crippen molar-refractivity contribution in [3.8, 4) is 0 Å². The molecule has 25 heavy (non-hydrogen) atoms. The smallest absolute Gasteiger partial charge is 0.255 e. The first-order chi connectivity index (χ1) is 12.1. The lowest BCUT2D eigenvalue weighted by atomic mass is 10.0. The zero-order valence-corrected chi connectivity index (χ0v) is 14.7. The molecular formula is C20H21ClN2O2. The Bertz CT molecular complexity index is 740. The number of hydrogen-bond donors (Lipinski definition) is 1. The predicted molar refractivity (Wildman–Crippen MR) is 98.7 cm³/mol. The van der Waals surface area contributed by atoms with Gasteiger partial charge in [-0.2, -0.15) is 0 Å². The van der Waals surface area contributed by atoms with Crippen LogP contribution in [0.2, 0.25) is 5.02 Å². The van der Waals surface area contributed by atoms with E-state index in [2.05, 4.69) is 5.32 Å². The van der Waals surface area contributed by atoms with Gasteiger partial charge in [-0.1, -0.05) is 54.1 Å². The largest absolute Gasteiger partial charge is 0.353 e. The van der Waals surface area contributed by atoms with E-state index in [1.165, 1.54) is 0 Å². The Kier molecular flexibility index (Phi) is 5.71. The molecule has 130 valence electrons. The number of carbonyl (C=O) groups is 2. The predicted octanol–water partition coefficient (Wildman–Crippen LogP) is 3.30. The Labute approximate surface area is 152 Å². The highest BCUT2D eigenvalue weighted by Crippen LogP contribution is 2.20. The molecule has 5 heteroatoms. The molecule has 1 N–H and O–H groups in total. The van der Waals surface area contributed by atoms with E-state index in [9.17, 15) is 9.59 Å². The average Bonchev–Trinajstić information content (AvgIpc) is 2.63. The van der Waals surface area contributed by atoms with Crippen LogP contribution in [0.15, 0.2) is 54.6 Å². The average molecular weight is 357 g/mol. The van der Waals surface area contributed by atoms with Gasteiger partial charge in [0.1, 0.15) is 0 Å². The molecule has 1 aliphatic rings. The third kappa shape index (κ3) is 4.60. The summed E-state index contributed by atoms with van der Waals surface area (Å²) in [5.41, 5.74) is 1.54. The number of nitrogens with one attached hydrogen (secondary N) is 1. The third-order valence-electron chi connectivity index (χ3n) is 4.46. The van der Waals surface area contributed by atoms with Crippen LogP contribution in [0, 0.1) is 0 Å². The summed E-state index contributed by atoms with van der Waals surface area (Å²) in [4.78, 5) is 26.5. The van der Waals surface area contributed by atoms with E-state index in [4.69, 9.17) is 11.6 Å². The maximum Gasteiger partial charge on any atom is 0.255 e. The number of halogens is 1. The standard InChI is InChI=1S/C20H21ClN2O2/c21-18-9-5-4-8-17(18)20(25)23-12-10-16(11-13-23)22-19(24)14-15-6-2-1-3-7-15/h1-9,16H,10-14H2,(H,22,24). The molecule has 3 rings (SSSR count). The lowest BCUT2D eigenvalue weighted by molar-refractivity contribution is -0.121. The number of likely N-dealkylation sites (tertiary alicyclic amines) is 1. The fourth-order valence-electron chi connectivity index (χ4n) is 3.09. The van der Waals surface area contributed by atoms with Crippen molar-refractivity contribution in [2.75, 3.05) is 13.1 Å². The second kappa shape index (κ2) is 8.17. The number of rotatable bonds is 4. The van der Waals surface area contributed by atoms with Crippen LogP contribution in [0.25, 0.3) is 0 Å². The summed E-state index contributed by atoms with van der Waals surface area (Å²) in [6, 6.07) is 16.9. The number of nitrogens with zero attached hydrogens (tertiary/aromatic N) is 1. The number of piperidine rings is 1. The summed E-state index contributed by atoms with van der Waals surface area (Å²) < 4.78 is 0. The van der Waals surface area contributed by atoms with Crippen molar-refractivity contribution < 1.29 is 9.59 Å². The molecule has 0 spiro atoms. The van der Waals surface area contributed by atoms with Gasteiger partial charge in [0.15, 0.2) is 0 Å². The summed E-state index contributed by atoms with van der Waals surface area (Å²) in [5.74, 6) is -0.0123. The van der Waals surface area contributed by atoms with Crippen LogP contribution in [-0.2, 0) is 11.2 Å². The second-order valence-corrected chi connectivity index (χ2v) is 6.68. The minimum Gasteiger partial charge on any atom is -0.353 e. The van der Waals surface area contributed by atoms with E-state index >= 15 is 0 Å². The van der Waals surface area contributed by atoms with E-state index in [1.54, 1.807) is 17.0 Å².